The van der Waals surface area contributed by atoms with E-state index in [0.717, 1.165) is 44.9 Å². The van der Waals surface area contributed by atoms with Crippen molar-refractivity contribution in [3.8, 4) is 0 Å². The first-order chi connectivity index (χ1) is 22.3. The summed E-state index contributed by atoms with van der Waals surface area (Å²) in [5.74, 6) is -78.0. The summed E-state index contributed by atoms with van der Waals surface area (Å²) >= 11 is 0. The lowest BCUT2D eigenvalue weighted by Crippen LogP contribution is -2.76. The van der Waals surface area contributed by atoms with Crippen LogP contribution in [0.3, 0.4) is 0 Å². The van der Waals surface area contributed by atoms with Crippen LogP contribution < -0.4 is 0 Å². The molecule has 0 aliphatic heterocycles. The summed E-state index contributed by atoms with van der Waals surface area (Å²) in [6, 6.07) is 0. The van der Waals surface area contributed by atoms with Gasteiger partial charge in [-0.05, 0) is 56.3 Å². The molecule has 2 saturated carbocycles. The summed E-state index contributed by atoms with van der Waals surface area (Å²) in [6.07, 6.45) is 1.07. The van der Waals surface area contributed by atoms with Gasteiger partial charge in [0.15, 0.2) is 6.61 Å². The van der Waals surface area contributed by atoms with Crippen LogP contribution in [0, 0.1) is 23.7 Å². The Morgan fingerprint density at radius 1 is 0.560 bits per heavy atom. The third-order valence-corrected chi connectivity index (χ3v) is 9.54. The number of unbranched alkanes of at least 4 members (excludes halogenated alkanes) is 1. The molecule has 2 nitrogen and oxygen atoms in total. The second kappa shape index (κ2) is 14.5. The SMILES string of the molecule is CCCC[C@H]1CC[C@H]([C@H]2CC[C@H](C(=O)OCC(F)(F)C(F)(F)C(F)(F)C(F)(F)C(F)(F)C(F)(F)C(F)(F)C(F)(F)C(F)(F)C(F)F)CC2)CC1. The maximum Gasteiger partial charge on any atom is 0.385 e. The average Bonchev–Trinajstić information content (AvgIpc) is 3.02. The highest BCUT2D eigenvalue weighted by atomic mass is 19.4. The first-order valence-electron chi connectivity index (χ1n) is 15.2. The van der Waals surface area contributed by atoms with Crippen LogP contribution in [-0.2, 0) is 9.53 Å². The van der Waals surface area contributed by atoms with Crippen LogP contribution in [0.1, 0.15) is 77.6 Å². The fourth-order valence-corrected chi connectivity index (χ4v) is 6.20. The van der Waals surface area contributed by atoms with Crippen molar-refractivity contribution in [2.75, 3.05) is 6.61 Å². The maximum absolute atomic E-state index is 14.2. The van der Waals surface area contributed by atoms with E-state index in [1.807, 2.05) is 6.92 Å². The topological polar surface area (TPSA) is 26.3 Å². The molecule has 0 N–H and O–H groups in total. The Labute approximate surface area is 271 Å². The highest BCUT2D eigenvalue weighted by Gasteiger charge is 2.96. The Hall–Kier alpha value is -1.93. The fourth-order valence-electron chi connectivity index (χ4n) is 6.20. The number of esters is 1. The minimum absolute atomic E-state index is 0.0617. The maximum atomic E-state index is 14.2. The van der Waals surface area contributed by atoms with E-state index >= 15 is 0 Å². The van der Waals surface area contributed by atoms with Crippen LogP contribution in [0.15, 0.2) is 0 Å². The van der Waals surface area contributed by atoms with Gasteiger partial charge in [-0.2, -0.15) is 79.0 Å². The van der Waals surface area contributed by atoms with Crippen LogP contribution in [0.25, 0.3) is 0 Å². The molecule has 296 valence electrons. The van der Waals surface area contributed by atoms with E-state index in [2.05, 4.69) is 4.74 Å². The molecule has 0 unspecified atom stereocenters. The van der Waals surface area contributed by atoms with E-state index in [0.29, 0.717) is 18.8 Å². The number of hydrogen-bond acceptors (Lipinski definition) is 2. The number of rotatable bonds is 16. The van der Waals surface area contributed by atoms with Crippen molar-refractivity contribution in [1.82, 2.24) is 0 Å². The first kappa shape index (κ1) is 44.2. The van der Waals surface area contributed by atoms with Crippen molar-refractivity contribution in [3.05, 3.63) is 0 Å². The number of carbonyl (C=O) groups is 1. The van der Waals surface area contributed by atoms with Crippen LogP contribution in [0.2, 0.25) is 0 Å². The fraction of sp³-hybridized carbons (Fsp3) is 0.964. The minimum Gasteiger partial charge on any atom is -0.459 e. The van der Waals surface area contributed by atoms with Gasteiger partial charge in [-0.3, -0.25) is 4.79 Å². The molecule has 2 aliphatic carbocycles. The minimum atomic E-state index is -9.07. The molecule has 0 aromatic heterocycles. The number of ether oxygens (including phenoxy) is 1. The van der Waals surface area contributed by atoms with Crippen LogP contribution in [-0.4, -0.2) is 72.3 Å². The Kier molecular flexibility index (Phi) is 12.8. The summed E-state index contributed by atoms with van der Waals surface area (Å²) in [5, 5.41) is 0. The van der Waals surface area contributed by atoms with Gasteiger partial charge in [0.25, 0.3) is 0 Å². The molecule has 0 spiro atoms. The van der Waals surface area contributed by atoms with Gasteiger partial charge in [0.05, 0.1) is 5.92 Å². The number of alkyl halides is 20. The first-order valence-corrected chi connectivity index (χ1v) is 15.2. The predicted octanol–water partition coefficient (Wildman–Crippen LogP) is 11.3. The molecule has 0 atom stereocenters. The van der Waals surface area contributed by atoms with Crippen LogP contribution in [0.4, 0.5) is 87.8 Å². The molecule has 0 aromatic carbocycles. The van der Waals surface area contributed by atoms with Crippen LogP contribution >= 0.6 is 0 Å². The molecular formula is C28H32F20O2. The Balaban J connectivity index is 2.19. The van der Waals surface area contributed by atoms with Crippen molar-refractivity contribution in [2.45, 2.75) is 137 Å². The lowest BCUT2D eigenvalue weighted by molar-refractivity contribution is -0.465. The summed E-state index contributed by atoms with van der Waals surface area (Å²) in [5.41, 5.74) is 0. The molecule has 2 aliphatic rings. The molecule has 0 bridgehead atoms. The van der Waals surface area contributed by atoms with Gasteiger partial charge in [0.1, 0.15) is 0 Å². The van der Waals surface area contributed by atoms with Gasteiger partial charge in [-0.1, -0.05) is 39.0 Å². The highest BCUT2D eigenvalue weighted by Crippen LogP contribution is 2.65. The molecule has 0 saturated heterocycles. The van der Waals surface area contributed by atoms with E-state index in [9.17, 15) is 92.6 Å². The van der Waals surface area contributed by atoms with Crippen molar-refractivity contribution in [1.29, 1.82) is 0 Å². The average molecular weight is 781 g/mol. The summed E-state index contributed by atoms with van der Waals surface area (Å²) < 4.78 is 276. The number of hydrogen-bond donors (Lipinski definition) is 0. The summed E-state index contributed by atoms with van der Waals surface area (Å²) in [6.45, 7) is -1.26. The van der Waals surface area contributed by atoms with Crippen molar-refractivity contribution in [3.63, 3.8) is 0 Å². The molecule has 2 fully saturated rings. The van der Waals surface area contributed by atoms with Gasteiger partial charge in [0, 0.05) is 0 Å². The summed E-state index contributed by atoms with van der Waals surface area (Å²) in [7, 11) is 0. The molecule has 50 heavy (non-hydrogen) atoms. The largest absolute Gasteiger partial charge is 0.459 e. The molecular weight excluding hydrogens is 748 g/mol. The van der Waals surface area contributed by atoms with Gasteiger partial charge in [0.2, 0.25) is 0 Å². The third-order valence-electron chi connectivity index (χ3n) is 9.54. The van der Waals surface area contributed by atoms with E-state index < -0.39 is 78.2 Å². The highest BCUT2D eigenvalue weighted by molar-refractivity contribution is 5.72. The van der Waals surface area contributed by atoms with Gasteiger partial charge in [-0.15, -0.1) is 0 Å². The standard InChI is InChI=1S/C28H32F20O2/c1-2-3-4-14-5-7-15(8-6-14)16-9-11-17(12-10-16)18(49)50-13-20(31,32)22(35,36)24(39,40)26(43,44)28(47,48)27(45,46)25(41,42)23(37,38)21(33,34)19(29)30/h14-17,19H,2-13H2,1H3/t14-,15-,16-,17-. The smallest absolute Gasteiger partial charge is 0.385 e. The van der Waals surface area contributed by atoms with Crippen molar-refractivity contribution >= 4 is 5.97 Å². The summed E-state index contributed by atoms with van der Waals surface area (Å²) in [4.78, 5) is 12.2. The van der Waals surface area contributed by atoms with Crippen molar-refractivity contribution < 1.29 is 97.3 Å². The lowest BCUT2D eigenvalue weighted by atomic mass is 9.68. The second-order valence-corrected chi connectivity index (χ2v) is 12.8. The van der Waals surface area contributed by atoms with Crippen LogP contribution in [0.5, 0.6) is 0 Å². The lowest BCUT2D eigenvalue weighted by Gasteiger charge is -2.44. The quantitative estimate of drug-likeness (QED) is 0.115. The molecule has 0 radical (unpaired) electrons. The van der Waals surface area contributed by atoms with E-state index in [1.165, 1.54) is 0 Å². The molecule has 2 rings (SSSR count). The van der Waals surface area contributed by atoms with Gasteiger partial charge < -0.3 is 4.74 Å². The normalized spacial score (nSPS) is 24.4. The van der Waals surface area contributed by atoms with E-state index in [1.54, 1.807) is 0 Å². The monoisotopic (exact) mass is 780 g/mol. The second-order valence-electron chi connectivity index (χ2n) is 12.8. The third kappa shape index (κ3) is 7.19. The zero-order chi connectivity index (χ0) is 39.2. The predicted molar refractivity (Wildman–Crippen MR) is 132 cm³/mol. The Morgan fingerprint density at radius 3 is 1.30 bits per heavy atom. The molecule has 0 heterocycles. The molecule has 0 aromatic rings. The number of halogens is 20. The Morgan fingerprint density at radius 2 is 0.920 bits per heavy atom. The molecule has 22 heteroatoms. The van der Waals surface area contributed by atoms with E-state index in [-0.39, 0.29) is 24.7 Å². The van der Waals surface area contributed by atoms with Crippen molar-refractivity contribution in [2.24, 2.45) is 23.7 Å². The molecule has 0 amide bonds. The Bertz CT molecular complexity index is 1140. The van der Waals surface area contributed by atoms with Gasteiger partial charge in [-0.25, -0.2) is 8.78 Å². The van der Waals surface area contributed by atoms with E-state index in [4.69, 9.17) is 0 Å². The van der Waals surface area contributed by atoms with Gasteiger partial charge >= 0.3 is 65.7 Å². The number of carbonyl (C=O) groups excluding carboxylic acids is 1. The zero-order valence-corrected chi connectivity index (χ0v) is 25.7. The zero-order valence-electron chi connectivity index (χ0n) is 25.7.